The quantitative estimate of drug-likeness (QED) is 0.262. The van der Waals surface area contributed by atoms with Gasteiger partial charge in [0, 0.05) is 11.8 Å². The van der Waals surface area contributed by atoms with Crippen LogP contribution >= 0.6 is 0 Å². The first kappa shape index (κ1) is 38.7. The van der Waals surface area contributed by atoms with Crippen molar-refractivity contribution in [3.05, 3.63) is 0 Å². The van der Waals surface area contributed by atoms with Gasteiger partial charge in [0.05, 0.1) is 25.4 Å². The van der Waals surface area contributed by atoms with Crippen molar-refractivity contribution in [2.45, 2.75) is 175 Å². The van der Waals surface area contributed by atoms with E-state index in [1.165, 1.54) is 38.5 Å². The van der Waals surface area contributed by atoms with Crippen LogP contribution in [0.15, 0.2) is 0 Å². The van der Waals surface area contributed by atoms with Crippen molar-refractivity contribution in [3.8, 4) is 0 Å². The molecule has 2 saturated heterocycles. The first-order chi connectivity index (χ1) is 20.6. The first-order valence-electron chi connectivity index (χ1n) is 19.8. The van der Waals surface area contributed by atoms with Crippen molar-refractivity contribution in [2.24, 2.45) is 91.7 Å². The Morgan fingerprint density at radius 3 is 0.870 bits per heavy atom. The molecule has 0 aromatic heterocycles. The molecule has 6 rings (SSSR count). The molecule has 6 aliphatic rings. The lowest BCUT2D eigenvalue weighted by molar-refractivity contribution is 0.0228. The average Bonchev–Trinajstić information content (AvgIpc) is 3.44. The summed E-state index contributed by atoms with van der Waals surface area (Å²) in [4.78, 5) is 0. The van der Waals surface area contributed by atoms with Crippen LogP contribution in [0.2, 0.25) is 0 Å². The molecule has 4 saturated carbocycles. The van der Waals surface area contributed by atoms with Crippen LogP contribution < -0.4 is 0 Å². The summed E-state index contributed by atoms with van der Waals surface area (Å²) in [6.07, 6.45) is 9.73. The number of ether oxygens (including phenoxy) is 2. The van der Waals surface area contributed by atoms with E-state index in [0.29, 0.717) is 45.7 Å². The highest BCUT2D eigenvalue weighted by molar-refractivity contribution is 5.09. The monoisotopic (exact) mass is 643 g/mol. The molecule has 0 aromatic rings. The second-order valence-corrected chi connectivity index (χ2v) is 23.9. The summed E-state index contributed by atoms with van der Waals surface area (Å²) >= 11 is 0. The topological polar surface area (TPSA) is 18.5 Å². The molecule has 0 N–H and O–H groups in total. The zero-order valence-electron chi connectivity index (χ0n) is 34.4. The van der Waals surface area contributed by atoms with Gasteiger partial charge in [-0.25, -0.2) is 0 Å². The molecular weight excluding hydrogens is 560 g/mol. The minimum atomic E-state index is 0.284. The molecule has 0 radical (unpaired) electrons. The van der Waals surface area contributed by atoms with Gasteiger partial charge in [-0.2, -0.15) is 0 Å². The van der Waals surface area contributed by atoms with Crippen LogP contribution in [-0.2, 0) is 9.47 Å². The van der Waals surface area contributed by atoms with E-state index < -0.39 is 0 Å². The summed E-state index contributed by atoms with van der Waals surface area (Å²) in [6, 6.07) is 0. The lowest BCUT2D eigenvalue weighted by Gasteiger charge is -2.31. The van der Waals surface area contributed by atoms with E-state index in [2.05, 4.69) is 125 Å². The molecule has 2 heteroatoms. The Morgan fingerprint density at radius 2 is 0.630 bits per heavy atom. The molecule has 2 nitrogen and oxygen atoms in total. The molecule has 4 unspecified atom stereocenters. The summed E-state index contributed by atoms with van der Waals surface area (Å²) in [5, 5.41) is 0. The minimum absolute atomic E-state index is 0.284. The lowest BCUT2D eigenvalue weighted by Crippen LogP contribution is -2.36. The maximum Gasteiger partial charge on any atom is 0.0895 e. The normalized spacial score (nSPS) is 40.8. The fourth-order valence-corrected chi connectivity index (χ4v) is 10.8. The van der Waals surface area contributed by atoms with Crippen LogP contribution in [0.3, 0.4) is 0 Å². The summed E-state index contributed by atoms with van der Waals surface area (Å²) in [6.45, 7) is 44.5. The van der Waals surface area contributed by atoms with Gasteiger partial charge in [0.2, 0.25) is 0 Å². The zero-order chi connectivity index (χ0) is 35.0. The van der Waals surface area contributed by atoms with Gasteiger partial charge in [0.1, 0.15) is 0 Å². The zero-order valence-corrected chi connectivity index (χ0v) is 34.4. The third-order valence-electron chi connectivity index (χ3n) is 14.4. The summed E-state index contributed by atoms with van der Waals surface area (Å²) in [5.74, 6) is 9.40. The Hall–Kier alpha value is -0.0800. The minimum Gasteiger partial charge on any atom is -0.375 e. The lowest BCUT2D eigenvalue weighted by atomic mass is 9.73. The van der Waals surface area contributed by atoms with E-state index in [9.17, 15) is 0 Å². The molecule has 270 valence electrons. The van der Waals surface area contributed by atoms with Gasteiger partial charge in [-0.1, -0.05) is 125 Å². The van der Waals surface area contributed by atoms with Gasteiger partial charge in [0.15, 0.2) is 0 Å². The van der Waals surface area contributed by atoms with E-state index in [-0.39, 0.29) is 10.8 Å². The number of rotatable bonds is 0. The predicted octanol–water partition coefficient (Wildman–Crippen LogP) is 12.6. The molecule has 2 aliphatic heterocycles. The third-order valence-corrected chi connectivity index (χ3v) is 14.4. The van der Waals surface area contributed by atoms with Gasteiger partial charge >= 0.3 is 0 Å². The summed E-state index contributed by atoms with van der Waals surface area (Å²) in [7, 11) is 0. The Balaban J connectivity index is 0.000000157. The van der Waals surface area contributed by atoms with Crippen molar-refractivity contribution in [1.82, 2.24) is 0 Å². The molecule has 2 heterocycles. The Labute approximate surface area is 289 Å². The number of hydrogen-bond donors (Lipinski definition) is 0. The molecule has 0 amide bonds. The molecule has 0 spiro atoms. The van der Waals surface area contributed by atoms with Crippen molar-refractivity contribution in [1.29, 1.82) is 0 Å². The number of fused-ring (bicyclic) bond motifs is 3. The van der Waals surface area contributed by atoms with Crippen LogP contribution in [0.5, 0.6) is 0 Å². The SMILES string of the molecule is CC(C)(C)C1CC2C(C1)C2C(C)(C)C.CC(C)(C)C1CC2CC(C(C)(C)C)CC2C1.CC(C)(C)C1CO[C@@H]2C(C(C)(C)C)CO[C@H]12. The van der Waals surface area contributed by atoms with E-state index in [4.69, 9.17) is 9.47 Å². The van der Waals surface area contributed by atoms with Crippen molar-refractivity contribution < 1.29 is 9.47 Å². The van der Waals surface area contributed by atoms with E-state index >= 15 is 0 Å². The van der Waals surface area contributed by atoms with E-state index in [1.54, 1.807) is 0 Å². The van der Waals surface area contributed by atoms with Gasteiger partial charge in [0.25, 0.3) is 0 Å². The van der Waals surface area contributed by atoms with E-state index in [1.807, 2.05) is 0 Å². The number of hydrogen-bond acceptors (Lipinski definition) is 2. The van der Waals surface area contributed by atoms with Gasteiger partial charge in [-0.15, -0.1) is 0 Å². The average molecular weight is 643 g/mol. The third kappa shape index (κ3) is 8.79. The smallest absolute Gasteiger partial charge is 0.0895 e. The molecule has 6 atom stereocenters. The first-order valence-corrected chi connectivity index (χ1v) is 19.8. The van der Waals surface area contributed by atoms with Crippen LogP contribution in [0.4, 0.5) is 0 Å². The summed E-state index contributed by atoms with van der Waals surface area (Å²) < 4.78 is 12.1. The molecular formula is C44H82O2. The molecule has 0 aromatic carbocycles. The van der Waals surface area contributed by atoms with Gasteiger partial charge in [-0.3, -0.25) is 0 Å². The Bertz CT molecular complexity index is 905. The van der Waals surface area contributed by atoms with Crippen molar-refractivity contribution in [2.75, 3.05) is 13.2 Å². The maximum atomic E-state index is 6.03. The highest BCUT2D eigenvalue weighted by atomic mass is 16.6. The Kier molecular flexibility index (Phi) is 10.9. The van der Waals surface area contributed by atoms with Crippen molar-refractivity contribution in [3.63, 3.8) is 0 Å². The molecule has 6 fully saturated rings. The fourth-order valence-electron chi connectivity index (χ4n) is 10.8. The van der Waals surface area contributed by atoms with Crippen LogP contribution in [-0.4, -0.2) is 25.4 Å². The largest absolute Gasteiger partial charge is 0.375 e. The Morgan fingerprint density at radius 1 is 0.348 bits per heavy atom. The fraction of sp³-hybridized carbons (Fsp3) is 1.00. The van der Waals surface area contributed by atoms with E-state index in [0.717, 1.165) is 60.6 Å². The molecule has 0 bridgehead atoms. The highest BCUT2D eigenvalue weighted by Gasteiger charge is 2.61. The standard InChI is InChI=1S/C16H30.C14H26O2.C14H26/c1-15(2,3)13-7-11-9-14(16(4,5)6)10-12(11)8-13;1-13(2,3)9-7-15-12-10(14(4,5)6)8-16-11(9)12;1-13(2,3)9-7-10-11(8-9)12(10)14(4,5)6/h11-14H,7-10H2,1-6H3;9-12H,7-8H2,1-6H3;9-12H,7-8H2,1-6H3/t;9?,10?,11-,12-;/m.1./s1. The van der Waals surface area contributed by atoms with Crippen LogP contribution in [0.25, 0.3) is 0 Å². The van der Waals surface area contributed by atoms with Gasteiger partial charge < -0.3 is 9.47 Å². The van der Waals surface area contributed by atoms with Crippen molar-refractivity contribution >= 4 is 0 Å². The molecule has 4 aliphatic carbocycles. The van der Waals surface area contributed by atoms with Crippen LogP contribution in [0.1, 0.15) is 163 Å². The van der Waals surface area contributed by atoms with Gasteiger partial charge in [-0.05, 0) is 118 Å². The molecule has 46 heavy (non-hydrogen) atoms. The predicted molar refractivity (Wildman–Crippen MR) is 199 cm³/mol. The highest BCUT2D eigenvalue weighted by Crippen LogP contribution is 2.67. The maximum absolute atomic E-state index is 6.03. The second kappa shape index (κ2) is 12.9. The van der Waals surface area contributed by atoms with Crippen LogP contribution in [0, 0.1) is 91.7 Å². The second-order valence-electron chi connectivity index (χ2n) is 23.9. The summed E-state index contributed by atoms with van der Waals surface area (Å²) in [5.41, 5.74) is 2.77.